The fourth-order valence-corrected chi connectivity index (χ4v) is 2.93. The topological polar surface area (TPSA) is 88.1 Å². The Kier molecular flexibility index (Phi) is 4.73. The summed E-state index contributed by atoms with van der Waals surface area (Å²) in [6.45, 7) is 7.21. The number of hydrogen-bond donors (Lipinski definition) is 2. The number of likely N-dealkylation sites (N-methyl/N-ethyl adjacent to an activating group) is 1. The number of aliphatic carboxylic acids is 1. The van der Waals surface area contributed by atoms with Gasteiger partial charge in [0.05, 0.1) is 30.9 Å². The Hall–Kier alpha value is -1.34. The quantitative estimate of drug-likeness (QED) is 0.797. The Morgan fingerprint density at radius 3 is 2.67 bits per heavy atom. The number of nitrogens with zero attached hydrogens (tertiary/aromatic N) is 1. The molecule has 0 saturated carbocycles. The van der Waals surface area contributed by atoms with Gasteiger partial charge in [0.2, 0.25) is 0 Å². The molecule has 7 nitrogen and oxygen atoms in total. The van der Waals surface area contributed by atoms with Gasteiger partial charge in [0.1, 0.15) is 5.92 Å². The van der Waals surface area contributed by atoms with Gasteiger partial charge in [0, 0.05) is 13.2 Å². The summed E-state index contributed by atoms with van der Waals surface area (Å²) in [6, 6.07) is -0.673. The van der Waals surface area contributed by atoms with Crippen molar-refractivity contribution in [1.82, 2.24) is 10.2 Å². The first-order chi connectivity index (χ1) is 9.89. The van der Waals surface area contributed by atoms with Crippen molar-refractivity contribution in [2.75, 3.05) is 26.4 Å². The summed E-state index contributed by atoms with van der Waals surface area (Å²) in [5.41, 5.74) is -0.414. The molecule has 0 radical (unpaired) electrons. The Bertz CT molecular complexity index is 416. The van der Waals surface area contributed by atoms with Gasteiger partial charge in [0.15, 0.2) is 0 Å². The van der Waals surface area contributed by atoms with E-state index in [1.165, 1.54) is 0 Å². The summed E-state index contributed by atoms with van der Waals surface area (Å²) in [6.07, 6.45) is 0.691. The van der Waals surface area contributed by atoms with Crippen LogP contribution in [0.4, 0.5) is 4.79 Å². The maximum atomic E-state index is 12.5. The number of hydrogen-bond acceptors (Lipinski definition) is 4. The van der Waals surface area contributed by atoms with E-state index in [-0.39, 0.29) is 25.3 Å². The van der Waals surface area contributed by atoms with Crippen LogP contribution >= 0.6 is 0 Å². The molecule has 2 N–H and O–H groups in total. The lowest BCUT2D eigenvalue weighted by atomic mass is 9.95. The van der Waals surface area contributed by atoms with Gasteiger partial charge in [-0.25, -0.2) is 4.79 Å². The van der Waals surface area contributed by atoms with Crippen molar-refractivity contribution in [2.24, 2.45) is 5.92 Å². The van der Waals surface area contributed by atoms with Crippen LogP contribution in [0.2, 0.25) is 0 Å². The lowest BCUT2D eigenvalue weighted by Gasteiger charge is -2.35. The molecule has 0 aromatic carbocycles. The molecule has 2 fully saturated rings. The van der Waals surface area contributed by atoms with Crippen molar-refractivity contribution in [3.05, 3.63) is 0 Å². The van der Waals surface area contributed by atoms with E-state index < -0.39 is 23.5 Å². The van der Waals surface area contributed by atoms with Crippen LogP contribution in [0.3, 0.4) is 0 Å². The number of ether oxygens (including phenoxy) is 2. The van der Waals surface area contributed by atoms with Crippen LogP contribution in [0, 0.1) is 5.92 Å². The molecule has 0 aromatic rings. The van der Waals surface area contributed by atoms with E-state index in [9.17, 15) is 14.7 Å². The molecule has 0 aliphatic carbocycles. The number of rotatable bonds is 4. The number of carbonyl (C=O) groups is 2. The normalized spacial score (nSPS) is 35.7. The van der Waals surface area contributed by atoms with Gasteiger partial charge < -0.3 is 24.8 Å². The van der Waals surface area contributed by atoms with E-state index in [0.717, 1.165) is 6.42 Å². The maximum Gasteiger partial charge on any atom is 0.318 e. The second-order valence-electron chi connectivity index (χ2n) is 5.95. The highest BCUT2D eigenvalue weighted by Gasteiger charge is 2.43. The Labute approximate surface area is 124 Å². The third-order valence-electron chi connectivity index (χ3n) is 4.65. The highest BCUT2D eigenvalue weighted by Crippen LogP contribution is 2.26. The van der Waals surface area contributed by atoms with Crippen molar-refractivity contribution in [3.8, 4) is 0 Å². The average Bonchev–Trinajstić information content (AvgIpc) is 2.99. The van der Waals surface area contributed by atoms with Gasteiger partial charge in [-0.05, 0) is 27.2 Å². The molecule has 0 spiro atoms. The van der Waals surface area contributed by atoms with Crippen molar-refractivity contribution in [1.29, 1.82) is 0 Å². The molecule has 2 aliphatic rings. The largest absolute Gasteiger partial charge is 0.481 e. The van der Waals surface area contributed by atoms with Crippen molar-refractivity contribution in [2.45, 2.75) is 44.9 Å². The number of nitrogens with one attached hydrogen (secondary N) is 1. The molecule has 2 rings (SSSR count). The van der Waals surface area contributed by atoms with E-state index in [1.807, 2.05) is 20.8 Å². The van der Waals surface area contributed by atoms with Crippen LogP contribution < -0.4 is 5.32 Å². The maximum absolute atomic E-state index is 12.5. The Balaban J connectivity index is 2.06. The summed E-state index contributed by atoms with van der Waals surface area (Å²) < 4.78 is 10.8. The van der Waals surface area contributed by atoms with Crippen LogP contribution in [-0.2, 0) is 14.3 Å². The molecule has 2 amide bonds. The second-order valence-corrected chi connectivity index (χ2v) is 5.95. The lowest BCUT2D eigenvalue weighted by Crippen LogP contribution is -2.58. The van der Waals surface area contributed by atoms with Crippen LogP contribution in [0.15, 0.2) is 0 Å². The van der Waals surface area contributed by atoms with Gasteiger partial charge in [-0.3, -0.25) is 4.79 Å². The molecule has 0 aromatic heterocycles. The molecule has 4 unspecified atom stereocenters. The van der Waals surface area contributed by atoms with Crippen LogP contribution in [0.5, 0.6) is 0 Å². The summed E-state index contributed by atoms with van der Waals surface area (Å²) in [7, 11) is 0. The summed E-state index contributed by atoms with van der Waals surface area (Å²) in [5, 5.41) is 12.2. The van der Waals surface area contributed by atoms with Gasteiger partial charge in [0.25, 0.3) is 0 Å². The van der Waals surface area contributed by atoms with Crippen molar-refractivity contribution < 1.29 is 24.2 Å². The van der Waals surface area contributed by atoms with Crippen LogP contribution in [0.25, 0.3) is 0 Å². The first kappa shape index (κ1) is 16.0. The predicted octanol–water partition coefficient (Wildman–Crippen LogP) is 0.685. The monoisotopic (exact) mass is 300 g/mol. The minimum absolute atomic E-state index is 0.0599. The first-order valence-electron chi connectivity index (χ1n) is 7.40. The zero-order chi connectivity index (χ0) is 15.6. The Morgan fingerprint density at radius 1 is 1.43 bits per heavy atom. The summed E-state index contributed by atoms with van der Waals surface area (Å²) in [4.78, 5) is 25.4. The first-order valence-corrected chi connectivity index (χ1v) is 7.40. The fraction of sp³-hybridized carbons (Fsp3) is 0.857. The molecule has 0 bridgehead atoms. The lowest BCUT2D eigenvalue weighted by molar-refractivity contribution is -0.142. The van der Waals surface area contributed by atoms with Crippen LogP contribution in [0.1, 0.15) is 27.2 Å². The van der Waals surface area contributed by atoms with E-state index in [2.05, 4.69) is 5.32 Å². The minimum Gasteiger partial charge on any atom is -0.481 e. The molecule has 2 aliphatic heterocycles. The molecule has 2 saturated heterocycles. The molecule has 4 atom stereocenters. The van der Waals surface area contributed by atoms with Crippen molar-refractivity contribution in [3.63, 3.8) is 0 Å². The summed E-state index contributed by atoms with van der Waals surface area (Å²) in [5.74, 6) is -1.59. The minimum atomic E-state index is -0.924. The van der Waals surface area contributed by atoms with Gasteiger partial charge in [-0.15, -0.1) is 0 Å². The van der Waals surface area contributed by atoms with E-state index in [0.29, 0.717) is 13.2 Å². The number of carbonyl (C=O) groups excluding carboxylic acids is 1. The van der Waals surface area contributed by atoms with Crippen molar-refractivity contribution >= 4 is 12.0 Å². The number of urea groups is 1. The fourth-order valence-electron chi connectivity index (χ4n) is 2.93. The van der Waals surface area contributed by atoms with Gasteiger partial charge >= 0.3 is 12.0 Å². The number of carboxylic acids is 1. The predicted molar refractivity (Wildman–Crippen MR) is 75.1 cm³/mol. The molecule has 2 heterocycles. The standard InChI is InChI=1S/C14H24N2O5/c1-4-16(11-8-20-7-10(11)12(17)18)13(19)15-14(3)5-6-21-9(14)2/h9-11H,4-8H2,1-3H3,(H,15,19)(H,17,18). The van der Waals surface area contributed by atoms with E-state index in [4.69, 9.17) is 9.47 Å². The zero-order valence-electron chi connectivity index (χ0n) is 12.8. The molecule has 120 valence electrons. The van der Waals surface area contributed by atoms with Gasteiger partial charge in [-0.1, -0.05) is 0 Å². The SMILES string of the molecule is CCN(C(=O)NC1(C)CCOC1C)C1COCC1C(=O)O. The second kappa shape index (κ2) is 6.19. The van der Waals surface area contributed by atoms with Crippen LogP contribution in [-0.4, -0.2) is 66.1 Å². The zero-order valence-corrected chi connectivity index (χ0v) is 12.8. The van der Waals surface area contributed by atoms with Gasteiger partial charge in [-0.2, -0.15) is 0 Å². The highest BCUT2D eigenvalue weighted by molar-refractivity contribution is 5.78. The molecule has 21 heavy (non-hydrogen) atoms. The highest BCUT2D eigenvalue weighted by atomic mass is 16.5. The number of amides is 2. The average molecular weight is 300 g/mol. The summed E-state index contributed by atoms with van der Waals surface area (Å²) >= 11 is 0. The third kappa shape index (κ3) is 3.13. The van der Waals surface area contributed by atoms with E-state index in [1.54, 1.807) is 4.90 Å². The third-order valence-corrected chi connectivity index (χ3v) is 4.65. The molecule has 7 heteroatoms. The smallest absolute Gasteiger partial charge is 0.318 e. The van der Waals surface area contributed by atoms with E-state index >= 15 is 0 Å². The Morgan fingerprint density at radius 2 is 2.14 bits per heavy atom. The molecular formula is C14H24N2O5. The molecular weight excluding hydrogens is 276 g/mol. The number of carboxylic acid groups (broad SMARTS) is 1.